The lowest BCUT2D eigenvalue weighted by molar-refractivity contribution is 0.0698. The van der Waals surface area contributed by atoms with Crippen molar-refractivity contribution in [2.75, 3.05) is 12.3 Å². The maximum absolute atomic E-state index is 11.0. The summed E-state index contributed by atoms with van der Waals surface area (Å²) in [6.07, 6.45) is 1.16. The molecule has 2 unspecified atom stereocenters. The van der Waals surface area contributed by atoms with Crippen LogP contribution in [0.25, 0.3) is 0 Å². The van der Waals surface area contributed by atoms with E-state index >= 15 is 0 Å². The number of carboxylic acid groups (broad SMARTS) is 1. The van der Waals surface area contributed by atoms with E-state index in [0.29, 0.717) is 10.9 Å². The average Bonchev–Trinajstić information content (AvgIpc) is 2.67. The summed E-state index contributed by atoms with van der Waals surface area (Å²) in [7, 11) is 0. The molecule has 0 aliphatic carbocycles. The molecule has 92 valence electrons. The van der Waals surface area contributed by atoms with Gasteiger partial charge in [-0.3, -0.25) is 0 Å². The average molecular weight is 253 g/mol. The molecular formula is C12H15NO3S. The Morgan fingerprint density at radius 1 is 1.59 bits per heavy atom. The Morgan fingerprint density at radius 2 is 2.35 bits per heavy atom. The van der Waals surface area contributed by atoms with Gasteiger partial charge < -0.3 is 15.6 Å². The van der Waals surface area contributed by atoms with E-state index in [2.05, 4.69) is 0 Å². The predicted molar refractivity (Wildman–Crippen MR) is 67.5 cm³/mol. The highest BCUT2D eigenvalue weighted by Gasteiger charge is 2.26. The monoisotopic (exact) mass is 253 g/mol. The first kappa shape index (κ1) is 12.3. The number of aromatic carboxylic acids is 1. The number of hydrogen-bond acceptors (Lipinski definition) is 4. The Morgan fingerprint density at radius 3 is 2.94 bits per heavy atom. The molecular weight excluding hydrogens is 238 g/mol. The van der Waals surface area contributed by atoms with Gasteiger partial charge in [0.25, 0.3) is 0 Å². The first-order valence-corrected chi connectivity index (χ1v) is 6.37. The standard InChI is InChI=1S/C12H15NO3S/c1-7-9(5-6-16-7)17-10-4-2-3-8(11(10)13)12(14)15/h2-4,7,9H,5-6,13H2,1H3,(H,14,15). The molecule has 2 rings (SSSR count). The van der Waals surface area contributed by atoms with Gasteiger partial charge in [0.2, 0.25) is 0 Å². The molecule has 0 bridgehead atoms. The summed E-state index contributed by atoms with van der Waals surface area (Å²) in [6, 6.07) is 5.11. The Kier molecular flexibility index (Phi) is 3.59. The molecule has 1 aliphatic rings. The van der Waals surface area contributed by atoms with Crippen molar-refractivity contribution in [3.8, 4) is 0 Å². The number of para-hydroxylation sites is 1. The van der Waals surface area contributed by atoms with Crippen LogP contribution >= 0.6 is 11.8 Å². The minimum Gasteiger partial charge on any atom is -0.478 e. The fourth-order valence-electron chi connectivity index (χ4n) is 1.86. The van der Waals surface area contributed by atoms with E-state index < -0.39 is 5.97 Å². The van der Waals surface area contributed by atoms with Crippen LogP contribution in [0.5, 0.6) is 0 Å². The molecule has 17 heavy (non-hydrogen) atoms. The summed E-state index contributed by atoms with van der Waals surface area (Å²) in [5, 5.41) is 9.34. The minimum absolute atomic E-state index is 0.168. The van der Waals surface area contributed by atoms with Crippen molar-refractivity contribution in [3.63, 3.8) is 0 Å². The van der Waals surface area contributed by atoms with Crippen LogP contribution in [0.3, 0.4) is 0 Å². The van der Waals surface area contributed by atoms with E-state index in [0.717, 1.165) is 17.9 Å². The number of ether oxygens (including phenoxy) is 1. The summed E-state index contributed by atoms with van der Waals surface area (Å²) < 4.78 is 5.48. The molecule has 1 heterocycles. The van der Waals surface area contributed by atoms with Crippen LogP contribution in [0.15, 0.2) is 23.1 Å². The number of thioether (sulfide) groups is 1. The van der Waals surface area contributed by atoms with Crippen molar-refractivity contribution in [2.24, 2.45) is 0 Å². The van der Waals surface area contributed by atoms with Crippen molar-refractivity contribution < 1.29 is 14.6 Å². The van der Waals surface area contributed by atoms with Crippen LogP contribution < -0.4 is 5.73 Å². The summed E-state index contributed by atoms with van der Waals surface area (Å²) in [6.45, 7) is 2.79. The number of benzene rings is 1. The van der Waals surface area contributed by atoms with Gasteiger partial charge in [0.15, 0.2) is 0 Å². The van der Waals surface area contributed by atoms with Gasteiger partial charge in [-0.15, -0.1) is 11.8 Å². The van der Waals surface area contributed by atoms with Crippen molar-refractivity contribution in [2.45, 2.75) is 29.6 Å². The first-order valence-electron chi connectivity index (χ1n) is 5.49. The van der Waals surface area contributed by atoms with Crippen LogP contribution in [-0.2, 0) is 4.74 Å². The first-order chi connectivity index (χ1) is 8.09. The highest BCUT2D eigenvalue weighted by molar-refractivity contribution is 8.00. The molecule has 0 spiro atoms. The van der Waals surface area contributed by atoms with E-state index in [1.165, 1.54) is 6.07 Å². The maximum atomic E-state index is 11.0. The molecule has 0 amide bonds. The minimum atomic E-state index is -0.985. The normalized spacial score (nSPS) is 23.8. The zero-order valence-corrected chi connectivity index (χ0v) is 10.4. The Balaban J connectivity index is 2.21. The maximum Gasteiger partial charge on any atom is 0.337 e. The van der Waals surface area contributed by atoms with Crippen LogP contribution in [0.4, 0.5) is 5.69 Å². The van der Waals surface area contributed by atoms with Gasteiger partial charge in [0.1, 0.15) is 0 Å². The van der Waals surface area contributed by atoms with Gasteiger partial charge in [-0.05, 0) is 25.5 Å². The number of anilines is 1. The molecule has 0 aromatic heterocycles. The molecule has 0 saturated carbocycles. The quantitative estimate of drug-likeness (QED) is 0.808. The zero-order valence-electron chi connectivity index (χ0n) is 9.55. The SMILES string of the molecule is CC1OCCC1Sc1cccc(C(=O)O)c1N. The van der Waals surface area contributed by atoms with Crippen LogP contribution in [0.2, 0.25) is 0 Å². The van der Waals surface area contributed by atoms with Gasteiger partial charge in [-0.1, -0.05) is 6.07 Å². The fourth-order valence-corrected chi connectivity index (χ4v) is 3.07. The molecule has 3 N–H and O–H groups in total. The van der Waals surface area contributed by atoms with Crippen molar-refractivity contribution in [3.05, 3.63) is 23.8 Å². The second-order valence-corrected chi connectivity index (χ2v) is 5.32. The van der Waals surface area contributed by atoms with Gasteiger partial charge in [-0.25, -0.2) is 4.79 Å². The third-order valence-electron chi connectivity index (χ3n) is 2.88. The number of carboxylic acids is 1. The summed E-state index contributed by atoms with van der Waals surface area (Å²) in [5.74, 6) is -0.985. The van der Waals surface area contributed by atoms with Gasteiger partial charge in [-0.2, -0.15) is 0 Å². The van der Waals surface area contributed by atoms with E-state index in [1.807, 2.05) is 13.0 Å². The lowest BCUT2D eigenvalue weighted by Crippen LogP contribution is -2.14. The molecule has 1 fully saturated rings. The predicted octanol–water partition coefficient (Wildman–Crippen LogP) is 2.24. The summed E-state index contributed by atoms with van der Waals surface area (Å²) in [4.78, 5) is 11.8. The second-order valence-electron chi connectivity index (χ2n) is 4.04. The van der Waals surface area contributed by atoms with Crippen LogP contribution in [0, 0.1) is 0 Å². The molecule has 0 radical (unpaired) electrons. The molecule has 2 atom stereocenters. The van der Waals surface area contributed by atoms with E-state index in [1.54, 1.807) is 17.8 Å². The molecule has 4 nitrogen and oxygen atoms in total. The van der Waals surface area contributed by atoms with Gasteiger partial charge >= 0.3 is 5.97 Å². The summed E-state index contributed by atoms with van der Waals surface area (Å²) in [5.41, 5.74) is 6.38. The molecule has 5 heteroatoms. The van der Waals surface area contributed by atoms with Gasteiger partial charge in [0, 0.05) is 16.8 Å². The Labute approximate surface area is 104 Å². The van der Waals surface area contributed by atoms with E-state index in [4.69, 9.17) is 15.6 Å². The van der Waals surface area contributed by atoms with Gasteiger partial charge in [0.05, 0.1) is 17.4 Å². The lowest BCUT2D eigenvalue weighted by Gasteiger charge is -2.15. The second kappa shape index (κ2) is 4.98. The third-order valence-corrected chi connectivity index (χ3v) is 4.41. The topological polar surface area (TPSA) is 72.5 Å². The molecule has 1 saturated heterocycles. The smallest absolute Gasteiger partial charge is 0.337 e. The third kappa shape index (κ3) is 2.56. The number of nitrogens with two attached hydrogens (primary N) is 1. The van der Waals surface area contributed by atoms with E-state index in [9.17, 15) is 4.79 Å². The van der Waals surface area contributed by atoms with Crippen LogP contribution in [0.1, 0.15) is 23.7 Å². The largest absolute Gasteiger partial charge is 0.478 e. The molecule has 1 aliphatic heterocycles. The number of nitrogen functional groups attached to an aromatic ring is 1. The Bertz CT molecular complexity index is 436. The van der Waals surface area contributed by atoms with E-state index in [-0.39, 0.29) is 11.7 Å². The zero-order chi connectivity index (χ0) is 12.4. The highest BCUT2D eigenvalue weighted by atomic mass is 32.2. The Hall–Kier alpha value is -1.20. The van der Waals surface area contributed by atoms with Crippen molar-refractivity contribution in [1.29, 1.82) is 0 Å². The van der Waals surface area contributed by atoms with Crippen molar-refractivity contribution >= 4 is 23.4 Å². The lowest BCUT2D eigenvalue weighted by atomic mass is 10.2. The highest BCUT2D eigenvalue weighted by Crippen LogP contribution is 2.36. The number of carbonyl (C=O) groups is 1. The summed E-state index contributed by atoms with van der Waals surface area (Å²) >= 11 is 1.60. The molecule has 1 aromatic carbocycles. The number of rotatable bonds is 3. The number of hydrogen-bond donors (Lipinski definition) is 2. The fraction of sp³-hybridized carbons (Fsp3) is 0.417. The van der Waals surface area contributed by atoms with Crippen molar-refractivity contribution in [1.82, 2.24) is 0 Å². The molecule has 1 aromatic rings. The van der Waals surface area contributed by atoms with Crippen LogP contribution in [-0.4, -0.2) is 29.0 Å².